The Bertz CT molecular complexity index is 549. The summed E-state index contributed by atoms with van der Waals surface area (Å²) in [6.45, 7) is 6.46. The van der Waals surface area contributed by atoms with Crippen LogP contribution in [0.1, 0.15) is 37.5 Å². The van der Waals surface area contributed by atoms with Gasteiger partial charge in [-0.2, -0.15) is 0 Å². The molecule has 0 saturated carbocycles. The maximum atomic E-state index is 12.0. The third-order valence-electron chi connectivity index (χ3n) is 2.98. The SMILES string of the molecule is CC(C)(C)OC(=O)N1Cc2ccc(C(=N)NO)cc2C1. The molecule has 0 aliphatic carbocycles. The van der Waals surface area contributed by atoms with E-state index in [2.05, 4.69) is 0 Å². The summed E-state index contributed by atoms with van der Waals surface area (Å²) in [5, 5.41) is 16.3. The molecule has 0 unspecified atom stereocenters. The molecule has 0 radical (unpaired) electrons. The summed E-state index contributed by atoms with van der Waals surface area (Å²) >= 11 is 0. The molecule has 0 atom stereocenters. The van der Waals surface area contributed by atoms with Crippen LogP contribution < -0.4 is 5.48 Å². The Morgan fingerprint density at radius 3 is 2.60 bits per heavy atom. The number of fused-ring (bicyclic) bond motifs is 1. The minimum Gasteiger partial charge on any atom is -0.444 e. The summed E-state index contributed by atoms with van der Waals surface area (Å²) in [6.07, 6.45) is -0.342. The molecule has 6 heteroatoms. The van der Waals surface area contributed by atoms with Crippen LogP contribution in [0.4, 0.5) is 4.79 Å². The van der Waals surface area contributed by atoms with Gasteiger partial charge >= 0.3 is 6.09 Å². The molecule has 1 aromatic rings. The van der Waals surface area contributed by atoms with Crippen LogP contribution in [-0.2, 0) is 17.8 Å². The van der Waals surface area contributed by atoms with E-state index in [4.69, 9.17) is 15.4 Å². The van der Waals surface area contributed by atoms with Crippen molar-refractivity contribution < 1.29 is 14.7 Å². The van der Waals surface area contributed by atoms with Gasteiger partial charge in [0.2, 0.25) is 0 Å². The number of benzene rings is 1. The number of rotatable bonds is 1. The maximum absolute atomic E-state index is 12.0. The Kier molecular flexibility index (Phi) is 3.67. The first-order valence-corrected chi connectivity index (χ1v) is 6.39. The summed E-state index contributed by atoms with van der Waals surface area (Å²) in [6, 6.07) is 5.40. The molecule has 3 N–H and O–H groups in total. The quantitative estimate of drug-likeness (QED) is 0.417. The molecule has 0 bridgehead atoms. The predicted molar refractivity (Wildman–Crippen MR) is 73.7 cm³/mol. The van der Waals surface area contributed by atoms with Crippen molar-refractivity contribution in [1.82, 2.24) is 10.4 Å². The molecule has 0 fully saturated rings. The second-order valence-corrected chi connectivity index (χ2v) is 5.81. The molecule has 108 valence electrons. The van der Waals surface area contributed by atoms with Crippen molar-refractivity contribution >= 4 is 11.9 Å². The van der Waals surface area contributed by atoms with Crippen LogP contribution in [0.3, 0.4) is 0 Å². The zero-order valence-electron chi connectivity index (χ0n) is 11.9. The van der Waals surface area contributed by atoms with Crippen LogP contribution in [0.15, 0.2) is 18.2 Å². The number of carbonyl (C=O) groups excluding carboxylic acids is 1. The summed E-state index contributed by atoms with van der Waals surface area (Å²) in [4.78, 5) is 13.6. The van der Waals surface area contributed by atoms with Crippen molar-refractivity contribution in [3.63, 3.8) is 0 Å². The van der Waals surface area contributed by atoms with Crippen LogP contribution in [-0.4, -0.2) is 27.6 Å². The number of carbonyl (C=O) groups is 1. The van der Waals surface area contributed by atoms with Gasteiger partial charge in [-0.1, -0.05) is 12.1 Å². The molecule has 0 spiro atoms. The third kappa shape index (κ3) is 3.08. The second kappa shape index (κ2) is 5.13. The van der Waals surface area contributed by atoms with E-state index in [9.17, 15) is 4.79 Å². The zero-order valence-corrected chi connectivity index (χ0v) is 11.9. The Hall–Kier alpha value is -2.08. The zero-order chi connectivity index (χ0) is 14.9. The van der Waals surface area contributed by atoms with Gasteiger partial charge in [0.1, 0.15) is 11.4 Å². The highest BCUT2D eigenvalue weighted by atomic mass is 16.6. The summed E-state index contributed by atoms with van der Waals surface area (Å²) < 4.78 is 5.34. The van der Waals surface area contributed by atoms with Crippen LogP contribution in [0, 0.1) is 5.41 Å². The van der Waals surface area contributed by atoms with Crippen molar-refractivity contribution in [1.29, 1.82) is 5.41 Å². The number of amides is 1. The summed E-state index contributed by atoms with van der Waals surface area (Å²) in [7, 11) is 0. The average molecular weight is 277 g/mol. The number of amidine groups is 1. The van der Waals surface area contributed by atoms with E-state index >= 15 is 0 Å². The Morgan fingerprint density at radius 2 is 2.00 bits per heavy atom. The fraction of sp³-hybridized carbons (Fsp3) is 0.429. The largest absolute Gasteiger partial charge is 0.444 e. The van der Waals surface area contributed by atoms with E-state index in [1.54, 1.807) is 17.0 Å². The highest BCUT2D eigenvalue weighted by Gasteiger charge is 2.27. The molecule has 20 heavy (non-hydrogen) atoms. The van der Waals surface area contributed by atoms with Gasteiger partial charge in [-0.15, -0.1) is 0 Å². The lowest BCUT2D eigenvalue weighted by atomic mass is 10.1. The Labute approximate surface area is 117 Å². The van der Waals surface area contributed by atoms with Gasteiger partial charge in [0, 0.05) is 18.7 Å². The maximum Gasteiger partial charge on any atom is 0.410 e. The number of nitrogens with one attached hydrogen (secondary N) is 2. The molecule has 1 heterocycles. The van der Waals surface area contributed by atoms with Crippen LogP contribution >= 0.6 is 0 Å². The summed E-state index contributed by atoms with van der Waals surface area (Å²) in [5.41, 5.74) is 3.88. The van der Waals surface area contributed by atoms with E-state index in [1.165, 1.54) is 0 Å². The van der Waals surface area contributed by atoms with E-state index in [0.717, 1.165) is 11.1 Å². The minimum absolute atomic E-state index is 0.0662. The number of hydroxylamine groups is 1. The van der Waals surface area contributed by atoms with Crippen molar-refractivity contribution in [2.24, 2.45) is 0 Å². The van der Waals surface area contributed by atoms with Gasteiger partial charge < -0.3 is 4.74 Å². The smallest absolute Gasteiger partial charge is 0.410 e. The minimum atomic E-state index is -0.514. The lowest BCUT2D eigenvalue weighted by Crippen LogP contribution is -2.33. The van der Waals surface area contributed by atoms with E-state index < -0.39 is 5.60 Å². The normalized spacial score (nSPS) is 13.9. The molecule has 6 nitrogen and oxygen atoms in total. The number of ether oxygens (including phenoxy) is 1. The molecule has 0 saturated heterocycles. The molecular formula is C14H19N3O3. The Balaban J connectivity index is 2.11. The molecular weight excluding hydrogens is 258 g/mol. The number of nitrogens with zero attached hydrogens (tertiary/aromatic N) is 1. The highest BCUT2D eigenvalue weighted by molar-refractivity contribution is 5.95. The monoisotopic (exact) mass is 277 g/mol. The first-order valence-electron chi connectivity index (χ1n) is 6.39. The average Bonchev–Trinajstić information content (AvgIpc) is 2.78. The first kappa shape index (κ1) is 14.3. The van der Waals surface area contributed by atoms with Gasteiger partial charge in [-0.25, -0.2) is 4.79 Å². The molecule has 1 aromatic carbocycles. The summed E-state index contributed by atoms with van der Waals surface area (Å²) in [5.74, 6) is -0.0662. The van der Waals surface area contributed by atoms with E-state index in [-0.39, 0.29) is 11.9 Å². The molecule has 1 amide bonds. The standard InChI is InChI=1S/C14H19N3O3/c1-14(2,3)20-13(18)17-7-10-5-4-9(12(15)16-19)6-11(10)8-17/h4-6,19H,7-8H2,1-3H3,(H2,15,16). The number of hydrogen-bond donors (Lipinski definition) is 3. The van der Waals surface area contributed by atoms with Crippen molar-refractivity contribution in [2.45, 2.75) is 39.5 Å². The highest BCUT2D eigenvalue weighted by Crippen LogP contribution is 2.25. The van der Waals surface area contributed by atoms with Crippen LogP contribution in [0.25, 0.3) is 0 Å². The lowest BCUT2D eigenvalue weighted by molar-refractivity contribution is 0.0242. The molecule has 2 rings (SSSR count). The van der Waals surface area contributed by atoms with Gasteiger partial charge in [0.15, 0.2) is 0 Å². The van der Waals surface area contributed by atoms with Gasteiger partial charge in [-0.05, 0) is 38.0 Å². The molecule has 0 aromatic heterocycles. The van der Waals surface area contributed by atoms with E-state index in [1.807, 2.05) is 32.3 Å². The van der Waals surface area contributed by atoms with Gasteiger partial charge in [0.25, 0.3) is 0 Å². The van der Waals surface area contributed by atoms with Crippen LogP contribution in [0.2, 0.25) is 0 Å². The van der Waals surface area contributed by atoms with Gasteiger partial charge in [0.05, 0.1) is 0 Å². The Morgan fingerprint density at radius 1 is 1.35 bits per heavy atom. The van der Waals surface area contributed by atoms with Crippen LogP contribution in [0.5, 0.6) is 0 Å². The number of hydrogen-bond acceptors (Lipinski definition) is 4. The van der Waals surface area contributed by atoms with Crippen molar-refractivity contribution in [2.75, 3.05) is 0 Å². The fourth-order valence-corrected chi connectivity index (χ4v) is 2.07. The fourth-order valence-electron chi connectivity index (χ4n) is 2.07. The van der Waals surface area contributed by atoms with Crippen molar-refractivity contribution in [3.8, 4) is 0 Å². The first-order chi connectivity index (χ1) is 9.30. The molecule has 1 aliphatic heterocycles. The van der Waals surface area contributed by atoms with Crippen molar-refractivity contribution in [3.05, 3.63) is 34.9 Å². The third-order valence-corrected chi connectivity index (χ3v) is 2.98. The topological polar surface area (TPSA) is 85.7 Å². The second-order valence-electron chi connectivity index (χ2n) is 5.81. The predicted octanol–water partition coefficient (Wildman–Crippen LogP) is 2.24. The van der Waals surface area contributed by atoms with Gasteiger partial charge in [-0.3, -0.25) is 21.0 Å². The lowest BCUT2D eigenvalue weighted by Gasteiger charge is -2.24. The molecule has 1 aliphatic rings. The van der Waals surface area contributed by atoms with E-state index in [0.29, 0.717) is 18.7 Å².